The Morgan fingerprint density at radius 3 is 2.45 bits per heavy atom. The Kier molecular flexibility index (Phi) is 8.70. The van der Waals surface area contributed by atoms with Crippen molar-refractivity contribution in [2.24, 2.45) is 5.92 Å². The summed E-state index contributed by atoms with van der Waals surface area (Å²) < 4.78 is 37.2. The van der Waals surface area contributed by atoms with Gasteiger partial charge in [0.1, 0.15) is 5.69 Å². The van der Waals surface area contributed by atoms with Crippen LogP contribution in [0.25, 0.3) is 33.9 Å². The van der Waals surface area contributed by atoms with Crippen LogP contribution in [0.15, 0.2) is 73.3 Å². The van der Waals surface area contributed by atoms with E-state index in [-0.39, 0.29) is 0 Å². The average molecular weight is 526 g/mol. The number of H-pyrrole nitrogens is 1. The van der Waals surface area contributed by atoms with Crippen molar-refractivity contribution >= 4 is 11.7 Å². The first-order valence-electron chi connectivity index (χ1n) is 11.9. The van der Waals surface area contributed by atoms with E-state index in [9.17, 15) is 13.2 Å². The van der Waals surface area contributed by atoms with Gasteiger partial charge in [0.2, 0.25) is 0 Å². The van der Waals surface area contributed by atoms with Crippen LogP contribution < -0.4 is 5.32 Å². The first-order valence-corrected chi connectivity index (χ1v) is 11.9. The van der Waals surface area contributed by atoms with Crippen molar-refractivity contribution < 1.29 is 27.8 Å². The van der Waals surface area contributed by atoms with Gasteiger partial charge in [-0.2, -0.15) is 13.2 Å². The summed E-state index contributed by atoms with van der Waals surface area (Å²) >= 11 is 0. The fraction of sp³-hybridized carbons (Fsp3) is 0.259. The number of aromatic nitrogens is 4. The molecule has 8 nitrogen and oxygen atoms in total. The largest absolute Gasteiger partial charge is 0.490 e. The lowest BCUT2D eigenvalue weighted by Gasteiger charge is -2.22. The lowest BCUT2D eigenvalue weighted by molar-refractivity contribution is -0.192. The first kappa shape index (κ1) is 26.8. The molecule has 0 atom stereocenters. The number of anilines is 1. The van der Waals surface area contributed by atoms with Gasteiger partial charge in [-0.25, -0.2) is 9.78 Å². The van der Waals surface area contributed by atoms with Gasteiger partial charge in [0, 0.05) is 43.9 Å². The standard InChI is InChI=1S/C25H25N5O.C2HF3O2/c1-2-4-19(5-3-1)24-17-29-25(30-24)23-13-20(6-9-27-23)21-12-22(16-26-15-21)28-14-18-7-10-31-11-8-18;3-2(4,5)1(6)7/h1-6,9,12-13,15-18,28H,7-8,10-11,14H2,(H,29,30);(H,6,7). The van der Waals surface area contributed by atoms with Gasteiger partial charge in [0.25, 0.3) is 0 Å². The van der Waals surface area contributed by atoms with Gasteiger partial charge in [-0.05, 0) is 48.1 Å². The minimum Gasteiger partial charge on any atom is -0.475 e. The molecule has 1 aliphatic rings. The number of hydrogen-bond donors (Lipinski definition) is 3. The summed E-state index contributed by atoms with van der Waals surface area (Å²) in [5.41, 5.74) is 6.03. The Morgan fingerprint density at radius 2 is 1.74 bits per heavy atom. The van der Waals surface area contributed by atoms with Crippen LogP contribution >= 0.6 is 0 Å². The molecule has 0 bridgehead atoms. The number of ether oxygens (including phenoxy) is 1. The van der Waals surface area contributed by atoms with Crippen molar-refractivity contribution in [1.29, 1.82) is 0 Å². The molecule has 4 aromatic rings. The summed E-state index contributed by atoms with van der Waals surface area (Å²) in [6.45, 7) is 2.68. The van der Waals surface area contributed by atoms with Crippen LogP contribution in [-0.4, -0.2) is 56.9 Å². The van der Waals surface area contributed by atoms with Gasteiger partial charge in [-0.1, -0.05) is 30.3 Å². The predicted octanol–water partition coefficient (Wildman–Crippen LogP) is 5.67. The summed E-state index contributed by atoms with van der Waals surface area (Å²) in [4.78, 5) is 25.8. The maximum absolute atomic E-state index is 10.6. The minimum absolute atomic E-state index is 0.655. The maximum atomic E-state index is 10.6. The number of nitrogens with zero attached hydrogens (tertiary/aromatic N) is 3. The van der Waals surface area contributed by atoms with Gasteiger partial charge >= 0.3 is 12.1 Å². The number of rotatable bonds is 6. The maximum Gasteiger partial charge on any atom is 0.490 e. The molecule has 0 unspecified atom stereocenters. The number of halogens is 3. The number of alkyl halides is 3. The van der Waals surface area contributed by atoms with Crippen molar-refractivity contribution in [2.45, 2.75) is 19.0 Å². The zero-order valence-corrected chi connectivity index (χ0v) is 20.3. The van der Waals surface area contributed by atoms with Crippen molar-refractivity contribution in [3.05, 3.63) is 73.3 Å². The summed E-state index contributed by atoms with van der Waals surface area (Å²) in [5.74, 6) is -1.35. The Balaban J connectivity index is 0.000000426. The number of hydrogen-bond acceptors (Lipinski definition) is 6. The van der Waals surface area contributed by atoms with Crippen molar-refractivity contribution in [2.75, 3.05) is 25.1 Å². The Morgan fingerprint density at radius 1 is 1.00 bits per heavy atom. The van der Waals surface area contributed by atoms with Gasteiger partial charge in [-0.3, -0.25) is 9.97 Å². The van der Waals surface area contributed by atoms with E-state index >= 15 is 0 Å². The van der Waals surface area contributed by atoms with E-state index in [0.29, 0.717) is 5.92 Å². The number of nitrogens with one attached hydrogen (secondary N) is 2. The smallest absolute Gasteiger partial charge is 0.475 e. The van der Waals surface area contributed by atoms with E-state index in [2.05, 4.69) is 43.5 Å². The van der Waals surface area contributed by atoms with E-state index in [1.54, 1.807) is 0 Å². The molecule has 1 saturated heterocycles. The third-order valence-electron chi connectivity index (χ3n) is 5.91. The molecule has 5 rings (SSSR count). The normalized spacial score (nSPS) is 13.9. The number of imidazole rings is 1. The lowest BCUT2D eigenvalue weighted by atomic mass is 10.0. The SMILES string of the molecule is O=C(O)C(F)(F)F.c1ccc(-c2cnc(-c3cc(-c4cncc(NCC5CCOCC5)c4)ccn3)[nH]2)cc1. The number of carboxylic acids is 1. The van der Waals surface area contributed by atoms with Gasteiger partial charge < -0.3 is 20.1 Å². The molecule has 0 spiro atoms. The van der Waals surface area contributed by atoms with Crippen molar-refractivity contribution in [3.8, 4) is 33.9 Å². The van der Waals surface area contributed by atoms with E-state index in [4.69, 9.17) is 14.6 Å². The summed E-state index contributed by atoms with van der Waals surface area (Å²) in [6, 6.07) is 16.4. The van der Waals surface area contributed by atoms with Crippen LogP contribution in [0.4, 0.5) is 18.9 Å². The van der Waals surface area contributed by atoms with Crippen LogP contribution in [0, 0.1) is 5.92 Å². The highest BCUT2D eigenvalue weighted by molar-refractivity contribution is 5.73. The number of aromatic amines is 1. The number of carboxylic acid groups (broad SMARTS) is 1. The summed E-state index contributed by atoms with van der Waals surface area (Å²) in [5, 5.41) is 10.7. The molecule has 198 valence electrons. The van der Waals surface area contributed by atoms with Gasteiger partial charge in [0.15, 0.2) is 5.82 Å². The summed E-state index contributed by atoms with van der Waals surface area (Å²) in [7, 11) is 0. The zero-order chi connectivity index (χ0) is 27.0. The molecule has 1 fully saturated rings. The van der Waals surface area contributed by atoms with E-state index < -0.39 is 12.1 Å². The Hall–Kier alpha value is -4.25. The lowest BCUT2D eigenvalue weighted by Crippen LogP contribution is -2.22. The monoisotopic (exact) mass is 525 g/mol. The number of aliphatic carboxylic acids is 1. The molecule has 4 heterocycles. The Labute approximate surface area is 217 Å². The molecule has 3 N–H and O–H groups in total. The second-order valence-corrected chi connectivity index (χ2v) is 8.64. The highest BCUT2D eigenvalue weighted by Gasteiger charge is 2.38. The van der Waals surface area contributed by atoms with E-state index in [0.717, 1.165) is 72.2 Å². The third kappa shape index (κ3) is 7.39. The van der Waals surface area contributed by atoms with E-state index in [1.807, 2.05) is 55.1 Å². The van der Waals surface area contributed by atoms with Crippen molar-refractivity contribution in [3.63, 3.8) is 0 Å². The topological polar surface area (TPSA) is 113 Å². The molecule has 0 amide bonds. The van der Waals surface area contributed by atoms with Gasteiger partial charge in [-0.15, -0.1) is 0 Å². The average Bonchev–Trinajstić information content (AvgIpc) is 3.44. The van der Waals surface area contributed by atoms with Crippen LogP contribution in [-0.2, 0) is 9.53 Å². The molecule has 0 saturated carbocycles. The second kappa shape index (κ2) is 12.3. The third-order valence-corrected chi connectivity index (χ3v) is 5.91. The summed E-state index contributed by atoms with van der Waals surface area (Å²) in [6.07, 6.45) is 4.57. The number of pyridine rings is 2. The molecule has 0 radical (unpaired) electrons. The first-order chi connectivity index (χ1) is 18.3. The minimum atomic E-state index is -5.08. The van der Waals surface area contributed by atoms with Crippen LogP contribution in [0.1, 0.15) is 12.8 Å². The molecular weight excluding hydrogens is 499 g/mol. The van der Waals surface area contributed by atoms with Crippen LogP contribution in [0.2, 0.25) is 0 Å². The molecule has 1 aliphatic heterocycles. The second-order valence-electron chi connectivity index (χ2n) is 8.64. The molecule has 11 heteroatoms. The fourth-order valence-electron chi connectivity index (χ4n) is 3.86. The highest BCUT2D eigenvalue weighted by atomic mass is 19.4. The quantitative estimate of drug-likeness (QED) is 0.297. The number of carbonyl (C=O) groups is 1. The van der Waals surface area contributed by atoms with Crippen LogP contribution in [0.3, 0.4) is 0 Å². The van der Waals surface area contributed by atoms with Crippen molar-refractivity contribution in [1.82, 2.24) is 19.9 Å². The molecular formula is C27H26F3N5O3. The zero-order valence-electron chi connectivity index (χ0n) is 20.3. The molecule has 3 aromatic heterocycles. The fourth-order valence-corrected chi connectivity index (χ4v) is 3.86. The molecule has 38 heavy (non-hydrogen) atoms. The number of benzene rings is 1. The predicted molar refractivity (Wildman–Crippen MR) is 136 cm³/mol. The van der Waals surface area contributed by atoms with Crippen LogP contribution in [0.5, 0.6) is 0 Å². The highest BCUT2D eigenvalue weighted by Crippen LogP contribution is 2.26. The molecule has 0 aliphatic carbocycles. The van der Waals surface area contributed by atoms with Gasteiger partial charge in [0.05, 0.1) is 17.6 Å². The van der Waals surface area contributed by atoms with E-state index in [1.165, 1.54) is 0 Å². The Bertz CT molecular complexity index is 1340. The molecule has 1 aromatic carbocycles.